The number of carbonyl (C=O) groups is 2. The summed E-state index contributed by atoms with van der Waals surface area (Å²) >= 11 is 0. The lowest BCUT2D eigenvalue weighted by molar-refractivity contribution is -0.145. The van der Waals surface area contributed by atoms with Crippen LogP contribution in [0.15, 0.2) is 30.3 Å². The molecule has 1 saturated heterocycles. The largest absolute Gasteiger partial charge is 0.481 e. The quantitative estimate of drug-likeness (QED) is 0.929. The number of rotatable bonds is 3. The van der Waals surface area contributed by atoms with Crippen LogP contribution in [0.5, 0.6) is 0 Å². The van der Waals surface area contributed by atoms with Crippen molar-refractivity contribution in [1.82, 2.24) is 4.90 Å². The third kappa shape index (κ3) is 4.98. The van der Waals surface area contributed by atoms with Crippen molar-refractivity contribution in [2.75, 3.05) is 13.1 Å². The molecular formula is C18H25NO4. The number of carboxylic acids is 1. The zero-order chi connectivity index (χ0) is 17.0. The molecule has 1 aromatic carbocycles. The van der Waals surface area contributed by atoms with Gasteiger partial charge in [0.2, 0.25) is 0 Å². The van der Waals surface area contributed by atoms with E-state index in [1.807, 2.05) is 51.1 Å². The molecule has 1 aliphatic heterocycles. The average Bonchev–Trinajstić information content (AvgIpc) is 2.46. The molecule has 0 saturated carbocycles. The Labute approximate surface area is 137 Å². The van der Waals surface area contributed by atoms with Gasteiger partial charge in [0.15, 0.2) is 0 Å². The Hall–Kier alpha value is -2.04. The lowest BCUT2D eigenvalue weighted by Gasteiger charge is -2.37. The van der Waals surface area contributed by atoms with Gasteiger partial charge in [-0.1, -0.05) is 30.3 Å². The van der Waals surface area contributed by atoms with Crippen molar-refractivity contribution >= 4 is 12.1 Å². The van der Waals surface area contributed by atoms with Crippen LogP contribution < -0.4 is 0 Å². The van der Waals surface area contributed by atoms with Crippen molar-refractivity contribution < 1.29 is 19.4 Å². The number of carboxylic acid groups (broad SMARTS) is 1. The maximum Gasteiger partial charge on any atom is 0.410 e. The lowest BCUT2D eigenvalue weighted by atomic mass is 9.81. The Balaban J connectivity index is 2.03. The molecule has 0 aromatic heterocycles. The third-order valence-electron chi connectivity index (χ3n) is 4.07. The van der Waals surface area contributed by atoms with Gasteiger partial charge in [-0.05, 0) is 45.1 Å². The van der Waals surface area contributed by atoms with Crippen LogP contribution in [0.2, 0.25) is 0 Å². The van der Waals surface area contributed by atoms with Gasteiger partial charge < -0.3 is 14.7 Å². The highest BCUT2D eigenvalue weighted by molar-refractivity contribution is 5.73. The van der Waals surface area contributed by atoms with Gasteiger partial charge in [0.1, 0.15) is 5.60 Å². The minimum Gasteiger partial charge on any atom is -0.481 e. The summed E-state index contributed by atoms with van der Waals surface area (Å²) in [5.74, 6) is -1.37. The highest BCUT2D eigenvalue weighted by Crippen LogP contribution is 2.28. The first-order valence-electron chi connectivity index (χ1n) is 8.01. The summed E-state index contributed by atoms with van der Waals surface area (Å²) in [6.07, 6.45) is 0.965. The average molecular weight is 319 g/mol. The van der Waals surface area contributed by atoms with Crippen LogP contribution in [0.25, 0.3) is 0 Å². The number of ether oxygens (including phenoxy) is 1. The molecule has 0 radical (unpaired) electrons. The fourth-order valence-corrected chi connectivity index (χ4v) is 2.93. The summed E-state index contributed by atoms with van der Waals surface area (Å²) < 4.78 is 5.35. The summed E-state index contributed by atoms with van der Waals surface area (Å²) in [5, 5.41) is 9.54. The van der Waals surface area contributed by atoms with E-state index in [2.05, 4.69) is 0 Å². The summed E-state index contributed by atoms with van der Waals surface area (Å²) in [5.41, 5.74) is 0.561. The summed E-state index contributed by atoms with van der Waals surface area (Å²) in [6.45, 7) is 6.17. The number of hydrogen-bond acceptors (Lipinski definition) is 3. The van der Waals surface area contributed by atoms with Gasteiger partial charge in [-0.3, -0.25) is 4.79 Å². The molecule has 0 spiro atoms. The molecule has 126 valence electrons. The van der Waals surface area contributed by atoms with Crippen molar-refractivity contribution in [3.8, 4) is 0 Å². The fourth-order valence-electron chi connectivity index (χ4n) is 2.93. The minimum absolute atomic E-state index is 0.0357. The molecule has 0 unspecified atom stereocenters. The number of carbonyl (C=O) groups excluding carboxylic acids is 1. The van der Waals surface area contributed by atoms with Crippen LogP contribution in [0.4, 0.5) is 4.79 Å². The van der Waals surface area contributed by atoms with E-state index < -0.39 is 23.6 Å². The number of hydrogen-bond donors (Lipinski definition) is 1. The molecule has 1 fully saturated rings. The third-order valence-corrected chi connectivity index (χ3v) is 4.07. The van der Waals surface area contributed by atoms with E-state index in [1.165, 1.54) is 4.90 Å². The molecule has 0 aliphatic carbocycles. The minimum atomic E-state index is -0.848. The molecule has 1 heterocycles. The molecule has 5 nitrogen and oxygen atoms in total. The van der Waals surface area contributed by atoms with Crippen molar-refractivity contribution in [2.24, 2.45) is 11.8 Å². The van der Waals surface area contributed by atoms with Gasteiger partial charge >= 0.3 is 12.1 Å². The first-order valence-corrected chi connectivity index (χ1v) is 8.01. The number of aliphatic carboxylic acids is 1. The first kappa shape index (κ1) is 17.3. The Morgan fingerprint density at radius 2 is 1.91 bits per heavy atom. The molecule has 0 bridgehead atoms. The van der Waals surface area contributed by atoms with Gasteiger partial charge in [0, 0.05) is 13.1 Å². The van der Waals surface area contributed by atoms with Crippen LogP contribution in [-0.4, -0.2) is 40.8 Å². The van der Waals surface area contributed by atoms with E-state index in [-0.39, 0.29) is 12.5 Å². The van der Waals surface area contributed by atoms with Gasteiger partial charge in [-0.25, -0.2) is 4.79 Å². The van der Waals surface area contributed by atoms with E-state index in [4.69, 9.17) is 4.74 Å². The second kappa shape index (κ2) is 7.02. The Kier molecular flexibility index (Phi) is 5.29. The normalized spacial score (nSPS) is 21.8. The number of nitrogens with zero attached hydrogens (tertiary/aromatic N) is 1. The predicted molar refractivity (Wildman–Crippen MR) is 87.2 cm³/mol. The van der Waals surface area contributed by atoms with E-state index in [1.54, 1.807) is 0 Å². The second-order valence-electron chi connectivity index (χ2n) is 7.11. The summed E-state index contributed by atoms with van der Waals surface area (Å²) in [6, 6.07) is 9.89. The topological polar surface area (TPSA) is 66.8 Å². The lowest BCUT2D eigenvalue weighted by Crippen LogP contribution is -2.48. The van der Waals surface area contributed by atoms with E-state index in [9.17, 15) is 14.7 Å². The number of benzene rings is 1. The highest BCUT2D eigenvalue weighted by Gasteiger charge is 2.37. The maximum absolute atomic E-state index is 12.2. The predicted octanol–water partition coefficient (Wildman–Crippen LogP) is 3.19. The number of likely N-dealkylation sites (tertiary alicyclic amines) is 1. The van der Waals surface area contributed by atoms with Crippen LogP contribution >= 0.6 is 0 Å². The molecule has 2 atom stereocenters. The van der Waals surface area contributed by atoms with Crippen molar-refractivity contribution in [3.05, 3.63) is 35.9 Å². The Bertz CT molecular complexity index is 550. The number of amides is 1. The second-order valence-corrected chi connectivity index (χ2v) is 7.11. The molecule has 23 heavy (non-hydrogen) atoms. The van der Waals surface area contributed by atoms with E-state index in [0.717, 1.165) is 12.0 Å². The van der Waals surface area contributed by atoms with Crippen LogP contribution in [0.1, 0.15) is 32.8 Å². The van der Waals surface area contributed by atoms with Crippen LogP contribution in [-0.2, 0) is 16.0 Å². The van der Waals surface area contributed by atoms with Crippen molar-refractivity contribution in [2.45, 2.75) is 39.2 Å². The molecule has 1 N–H and O–H groups in total. The van der Waals surface area contributed by atoms with Crippen molar-refractivity contribution in [1.29, 1.82) is 0 Å². The smallest absolute Gasteiger partial charge is 0.410 e. The van der Waals surface area contributed by atoms with Gasteiger partial charge in [0.05, 0.1) is 5.92 Å². The molecule has 2 rings (SSSR count). The van der Waals surface area contributed by atoms with Crippen LogP contribution in [0.3, 0.4) is 0 Å². The van der Waals surface area contributed by atoms with Crippen molar-refractivity contribution in [3.63, 3.8) is 0 Å². The first-order chi connectivity index (χ1) is 10.8. The van der Waals surface area contributed by atoms with E-state index >= 15 is 0 Å². The molecule has 1 aliphatic rings. The maximum atomic E-state index is 12.2. The molecule has 1 amide bonds. The zero-order valence-corrected chi connectivity index (χ0v) is 14.0. The fraction of sp³-hybridized carbons (Fsp3) is 0.556. The Morgan fingerprint density at radius 3 is 2.48 bits per heavy atom. The molecule has 5 heteroatoms. The van der Waals surface area contributed by atoms with Gasteiger partial charge in [-0.2, -0.15) is 0 Å². The van der Waals surface area contributed by atoms with Gasteiger partial charge in [0.25, 0.3) is 0 Å². The molecule has 1 aromatic rings. The standard InChI is InChI=1S/C18H25NO4/c1-18(2,3)23-17(22)19-10-9-14(15(12-19)16(20)21)11-13-7-5-4-6-8-13/h4-8,14-15H,9-12H2,1-3H3,(H,20,21)/t14-,15+/m1/s1. The summed E-state index contributed by atoms with van der Waals surface area (Å²) in [7, 11) is 0. The highest BCUT2D eigenvalue weighted by atomic mass is 16.6. The zero-order valence-electron chi connectivity index (χ0n) is 14.0. The van der Waals surface area contributed by atoms with Crippen LogP contribution in [0, 0.1) is 11.8 Å². The monoisotopic (exact) mass is 319 g/mol. The van der Waals surface area contributed by atoms with Gasteiger partial charge in [-0.15, -0.1) is 0 Å². The SMILES string of the molecule is CC(C)(C)OC(=O)N1CC[C@H](Cc2ccccc2)[C@@H](C(=O)O)C1. The number of piperidine rings is 1. The molecular weight excluding hydrogens is 294 g/mol. The summed E-state index contributed by atoms with van der Waals surface area (Å²) in [4.78, 5) is 25.3. The Morgan fingerprint density at radius 1 is 1.26 bits per heavy atom. The van der Waals surface area contributed by atoms with E-state index in [0.29, 0.717) is 13.0 Å².